The molecule has 3 heterocycles. The Balaban J connectivity index is 1.01. The molecule has 1 aliphatic carbocycles. The number of rotatable bonds is 18. The summed E-state index contributed by atoms with van der Waals surface area (Å²) in [4.78, 5) is 26.8. The van der Waals surface area contributed by atoms with Crippen molar-refractivity contribution in [3.63, 3.8) is 0 Å². The Hall–Kier alpha value is -6.08. The highest BCUT2D eigenvalue weighted by Gasteiger charge is 2.59. The summed E-state index contributed by atoms with van der Waals surface area (Å²) in [5.41, 5.74) is 5.19. The lowest BCUT2D eigenvalue weighted by Gasteiger charge is -2.46. The third-order valence-corrected chi connectivity index (χ3v) is 12.2. The molecule has 0 amide bonds. The van der Waals surface area contributed by atoms with Gasteiger partial charge in [0, 0.05) is 17.9 Å². The van der Waals surface area contributed by atoms with Crippen molar-refractivity contribution in [1.82, 2.24) is 0 Å². The van der Waals surface area contributed by atoms with Gasteiger partial charge in [-0.05, 0) is 58.4 Å². The molecule has 0 radical (unpaired) electrons. The second-order valence-corrected chi connectivity index (χ2v) is 16.6. The molecular formula is C53H52O11. The summed E-state index contributed by atoms with van der Waals surface area (Å²) in [6.07, 6.45) is -0.740. The van der Waals surface area contributed by atoms with Crippen LogP contribution in [0.1, 0.15) is 41.2 Å². The molecule has 3 aliphatic heterocycles. The van der Waals surface area contributed by atoms with E-state index in [0.717, 1.165) is 27.8 Å². The molecule has 0 N–H and O–H groups in total. The zero-order valence-corrected chi connectivity index (χ0v) is 35.6. The van der Waals surface area contributed by atoms with E-state index in [4.69, 9.17) is 42.6 Å². The first-order chi connectivity index (χ1) is 31.4. The number of carbonyl (C=O) groups excluding carboxylic acids is 2. The third kappa shape index (κ3) is 10.5. The molecule has 4 aliphatic rings. The number of hydrogen-bond acceptors (Lipinski definition) is 11. The van der Waals surface area contributed by atoms with E-state index in [-0.39, 0.29) is 49.6 Å². The van der Waals surface area contributed by atoms with E-state index in [1.807, 2.05) is 146 Å². The normalized spacial score (nSPS) is 27.0. The highest BCUT2D eigenvalue weighted by atomic mass is 16.8. The Morgan fingerprint density at radius 2 is 1.25 bits per heavy atom. The number of esters is 2. The topological polar surface area (TPSA) is 117 Å². The Morgan fingerprint density at radius 3 is 1.88 bits per heavy atom. The Morgan fingerprint density at radius 1 is 0.672 bits per heavy atom. The van der Waals surface area contributed by atoms with Crippen LogP contribution >= 0.6 is 0 Å². The Kier molecular flexibility index (Phi) is 13.9. The fraction of sp³-hybridized carbons (Fsp3) is 0.321. The molecule has 11 nitrogen and oxygen atoms in total. The van der Waals surface area contributed by atoms with Gasteiger partial charge in [0.2, 0.25) is 12.6 Å². The average molecular weight is 865 g/mol. The van der Waals surface area contributed by atoms with Gasteiger partial charge >= 0.3 is 11.9 Å². The summed E-state index contributed by atoms with van der Waals surface area (Å²) in [6, 6.07) is 46.9. The first-order valence-electron chi connectivity index (χ1n) is 21.9. The van der Waals surface area contributed by atoms with Gasteiger partial charge in [-0.25, -0.2) is 9.59 Å². The quantitative estimate of drug-likeness (QED) is 0.0622. The fourth-order valence-corrected chi connectivity index (χ4v) is 8.99. The van der Waals surface area contributed by atoms with E-state index in [9.17, 15) is 9.59 Å². The maximum atomic E-state index is 14.1. The van der Waals surface area contributed by atoms with E-state index in [2.05, 4.69) is 6.92 Å². The van der Waals surface area contributed by atoms with Crippen LogP contribution in [0.25, 0.3) is 6.08 Å². The summed E-state index contributed by atoms with van der Waals surface area (Å²) >= 11 is 0. The zero-order valence-electron chi connectivity index (χ0n) is 35.6. The standard InChI is InChI=1S/C53H52O11/c1-35-28-43-47-42(51(55)61-43)33-60-52(46(35)47)64-53-50(63-45(54)27-24-36-22-25-41(26-23-36)57-30-38-16-8-3-9-17-38)49(59-32-40-20-12-5-13-21-40)48(58-31-39-18-10-4-11-19-39)44(62-53)34-56-29-37-14-6-2-7-15-37/h2-27,33,35,43-44,46-50,52-53H,28-32,34H2,1H3/b27-24+/t35-,43-,44?,46+,47-,48?,49?,50?,52-,53?/m0/s1. The van der Waals surface area contributed by atoms with Gasteiger partial charge in [-0.2, -0.15) is 0 Å². The Labute approximate surface area is 373 Å². The molecule has 2 saturated heterocycles. The van der Waals surface area contributed by atoms with Gasteiger partial charge in [0.05, 0.1) is 38.3 Å². The minimum absolute atomic E-state index is 0.0940. The number of benzene rings is 5. The zero-order chi connectivity index (χ0) is 43.7. The maximum Gasteiger partial charge on any atom is 0.337 e. The molecule has 0 bridgehead atoms. The Bertz CT molecular complexity index is 2340. The third-order valence-electron chi connectivity index (χ3n) is 12.2. The predicted molar refractivity (Wildman–Crippen MR) is 236 cm³/mol. The molecule has 9 rings (SSSR count). The second kappa shape index (κ2) is 20.6. The van der Waals surface area contributed by atoms with E-state index in [1.165, 1.54) is 12.3 Å². The summed E-state index contributed by atoms with van der Waals surface area (Å²) < 4.78 is 57.9. The lowest BCUT2D eigenvalue weighted by Crippen LogP contribution is -2.63. The molecule has 11 heteroatoms. The van der Waals surface area contributed by atoms with Crippen molar-refractivity contribution in [1.29, 1.82) is 0 Å². The summed E-state index contributed by atoms with van der Waals surface area (Å²) in [6.45, 7) is 3.38. The van der Waals surface area contributed by atoms with Gasteiger partial charge in [-0.1, -0.05) is 140 Å². The lowest BCUT2D eigenvalue weighted by molar-refractivity contribution is -0.353. The average Bonchev–Trinajstić information content (AvgIpc) is 3.83. The number of hydrogen-bond donors (Lipinski definition) is 0. The van der Waals surface area contributed by atoms with E-state index in [0.29, 0.717) is 31.0 Å². The molecule has 330 valence electrons. The van der Waals surface area contributed by atoms with Crippen molar-refractivity contribution in [3.8, 4) is 5.75 Å². The smallest absolute Gasteiger partial charge is 0.337 e. The summed E-state index contributed by atoms with van der Waals surface area (Å²) in [5, 5.41) is 0. The molecule has 5 aromatic carbocycles. The van der Waals surface area contributed by atoms with Crippen molar-refractivity contribution in [2.45, 2.75) is 82.9 Å². The first kappa shape index (κ1) is 43.2. The highest BCUT2D eigenvalue weighted by molar-refractivity contribution is 5.91. The van der Waals surface area contributed by atoms with Crippen LogP contribution in [0, 0.1) is 17.8 Å². The monoisotopic (exact) mass is 864 g/mol. The molecule has 0 spiro atoms. The highest BCUT2D eigenvalue weighted by Crippen LogP contribution is 2.52. The van der Waals surface area contributed by atoms with Gasteiger partial charge in [0.1, 0.15) is 36.8 Å². The van der Waals surface area contributed by atoms with Gasteiger partial charge in [0.25, 0.3) is 0 Å². The van der Waals surface area contributed by atoms with Crippen LogP contribution in [0.5, 0.6) is 5.75 Å². The van der Waals surface area contributed by atoms with Crippen molar-refractivity contribution in [3.05, 3.63) is 191 Å². The molecule has 1 saturated carbocycles. The van der Waals surface area contributed by atoms with Crippen molar-refractivity contribution >= 4 is 18.0 Å². The number of carbonyl (C=O) groups is 2. The lowest BCUT2D eigenvalue weighted by atomic mass is 9.84. The molecular weight excluding hydrogens is 813 g/mol. The van der Waals surface area contributed by atoms with Gasteiger partial charge in [-0.3, -0.25) is 0 Å². The predicted octanol–water partition coefficient (Wildman–Crippen LogP) is 8.76. The number of ether oxygens (including phenoxy) is 9. The van der Waals surface area contributed by atoms with Gasteiger partial charge in [0.15, 0.2) is 6.10 Å². The van der Waals surface area contributed by atoms with Gasteiger partial charge < -0.3 is 42.6 Å². The molecule has 3 fully saturated rings. The molecule has 64 heavy (non-hydrogen) atoms. The molecule has 5 aromatic rings. The largest absolute Gasteiger partial charge is 0.489 e. The van der Waals surface area contributed by atoms with E-state index >= 15 is 0 Å². The van der Waals surface area contributed by atoms with Gasteiger partial charge in [-0.15, -0.1) is 0 Å². The summed E-state index contributed by atoms with van der Waals surface area (Å²) in [5.74, 6) is -0.627. The summed E-state index contributed by atoms with van der Waals surface area (Å²) in [7, 11) is 0. The van der Waals surface area contributed by atoms with Crippen LogP contribution < -0.4 is 4.74 Å². The maximum absolute atomic E-state index is 14.1. The minimum atomic E-state index is -1.20. The van der Waals surface area contributed by atoms with Crippen LogP contribution in [0.2, 0.25) is 0 Å². The molecule has 10 atom stereocenters. The SMILES string of the molecule is C[C@H]1C[C@@H]2OC(=O)C3=CO[C@@H](OC4OC(COCc5ccccc5)C(OCc5ccccc5)C(OCc5ccccc5)C4OC(=O)/C=C/c4ccc(OCc5ccccc5)cc4)[C@H]1[C@@H]32. The first-order valence-corrected chi connectivity index (χ1v) is 21.9. The van der Waals surface area contributed by atoms with E-state index < -0.39 is 43.0 Å². The van der Waals surface area contributed by atoms with Crippen LogP contribution in [0.3, 0.4) is 0 Å². The van der Waals surface area contributed by atoms with Crippen molar-refractivity contribution in [2.75, 3.05) is 6.61 Å². The van der Waals surface area contributed by atoms with Crippen LogP contribution in [0.4, 0.5) is 0 Å². The molecule has 5 unspecified atom stereocenters. The fourth-order valence-electron chi connectivity index (χ4n) is 8.99. The van der Waals surface area contributed by atoms with Crippen molar-refractivity contribution in [2.24, 2.45) is 17.8 Å². The van der Waals surface area contributed by atoms with Crippen LogP contribution in [0.15, 0.2) is 164 Å². The molecule has 0 aromatic heterocycles. The second-order valence-electron chi connectivity index (χ2n) is 16.6. The van der Waals surface area contributed by atoms with Crippen molar-refractivity contribution < 1.29 is 52.2 Å². The van der Waals surface area contributed by atoms with E-state index in [1.54, 1.807) is 6.08 Å². The van der Waals surface area contributed by atoms with Crippen LogP contribution in [-0.2, 0) is 73.9 Å². The van der Waals surface area contributed by atoms with Crippen LogP contribution in [-0.4, -0.2) is 61.6 Å². The minimum Gasteiger partial charge on any atom is -0.489 e.